The van der Waals surface area contributed by atoms with Gasteiger partial charge in [0.2, 0.25) is 0 Å². The van der Waals surface area contributed by atoms with E-state index in [0.717, 1.165) is 43.0 Å². The standard InChI is InChI=1S/C18H27N3/c1-5-9-16-20-15(17(19)21(16)18(2,3)4)13-12-14-10-7-6-8-11-14/h6-8,10-11H,5,9,12-13,19H2,1-4H3. The van der Waals surface area contributed by atoms with Crippen LogP contribution in [0.5, 0.6) is 0 Å². The van der Waals surface area contributed by atoms with E-state index >= 15 is 0 Å². The van der Waals surface area contributed by atoms with E-state index in [2.05, 4.69) is 56.5 Å². The predicted octanol–water partition coefficient (Wildman–Crippen LogP) is 3.96. The van der Waals surface area contributed by atoms with Crippen molar-refractivity contribution < 1.29 is 0 Å². The molecular formula is C18H27N3. The van der Waals surface area contributed by atoms with Crippen LogP contribution < -0.4 is 5.73 Å². The third-order valence-electron chi connectivity index (χ3n) is 3.70. The Kier molecular flexibility index (Phi) is 4.71. The van der Waals surface area contributed by atoms with Crippen molar-refractivity contribution in [1.82, 2.24) is 9.55 Å². The van der Waals surface area contributed by atoms with Crippen LogP contribution in [0.25, 0.3) is 0 Å². The van der Waals surface area contributed by atoms with Crippen LogP contribution >= 0.6 is 0 Å². The molecule has 3 heteroatoms. The first-order valence-corrected chi connectivity index (χ1v) is 7.84. The first-order chi connectivity index (χ1) is 9.93. The normalized spacial score (nSPS) is 11.8. The SMILES string of the molecule is CCCc1nc(CCc2ccccc2)c(N)n1C(C)(C)C. The van der Waals surface area contributed by atoms with E-state index in [1.54, 1.807) is 0 Å². The van der Waals surface area contributed by atoms with Gasteiger partial charge in [-0.2, -0.15) is 0 Å². The third kappa shape index (κ3) is 3.66. The van der Waals surface area contributed by atoms with Gasteiger partial charge in [0, 0.05) is 12.0 Å². The molecule has 1 heterocycles. The summed E-state index contributed by atoms with van der Waals surface area (Å²) < 4.78 is 2.21. The number of hydrogen-bond donors (Lipinski definition) is 1. The number of nitrogens with two attached hydrogens (primary N) is 1. The zero-order chi connectivity index (χ0) is 15.5. The molecule has 0 radical (unpaired) electrons. The van der Waals surface area contributed by atoms with E-state index in [9.17, 15) is 0 Å². The molecule has 0 unspecified atom stereocenters. The summed E-state index contributed by atoms with van der Waals surface area (Å²) in [6.45, 7) is 8.74. The van der Waals surface area contributed by atoms with Crippen LogP contribution in [0.3, 0.4) is 0 Å². The second kappa shape index (κ2) is 6.33. The zero-order valence-electron chi connectivity index (χ0n) is 13.7. The summed E-state index contributed by atoms with van der Waals surface area (Å²) in [4.78, 5) is 4.82. The number of aromatic nitrogens is 2. The average Bonchev–Trinajstić information content (AvgIpc) is 2.74. The predicted molar refractivity (Wildman–Crippen MR) is 89.5 cm³/mol. The summed E-state index contributed by atoms with van der Waals surface area (Å²) in [6, 6.07) is 10.5. The molecule has 2 rings (SSSR count). The maximum absolute atomic E-state index is 6.39. The number of nitrogens with zero attached hydrogens (tertiary/aromatic N) is 2. The molecule has 0 fully saturated rings. The molecule has 114 valence electrons. The molecule has 0 spiro atoms. The molecule has 0 aliphatic heterocycles. The fraction of sp³-hybridized carbons (Fsp3) is 0.500. The number of rotatable bonds is 5. The van der Waals surface area contributed by atoms with Crippen molar-refractivity contribution in [3.8, 4) is 0 Å². The smallest absolute Gasteiger partial charge is 0.127 e. The summed E-state index contributed by atoms with van der Waals surface area (Å²) in [6.07, 6.45) is 3.95. The van der Waals surface area contributed by atoms with Crippen molar-refractivity contribution in [2.24, 2.45) is 0 Å². The van der Waals surface area contributed by atoms with Gasteiger partial charge >= 0.3 is 0 Å². The van der Waals surface area contributed by atoms with Gasteiger partial charge in [-0.25, -0.2) is 4.98 Å². The van der Waals surface area contributed by atoms with Gasteiger partial charge in [0.1, 0.15) is 11.6 Å². The zero-order valence-corrected chi connectivity index (χ0v) is 13.7. The third-order valence-corrected chi connectivity index (χ3v) is 3.70. The van der Waals surface area contributed by atoms with Crippen LogP contribution in [0.2, 0.25) is 0 Å². The van der Waals surface area contributed by atoms with Gasteiger partial charge in [0.15, 0.2) is 0 Å². The fourth-order valence-electron chi connectivity index (χ4n) is 2.76. The largest absolute Gasteiger partial charge is 0.384 e. The number of aryl methyl sites for hydroxylation is 3. The minimum Gasteiger partial charge on any atom is -0.384 e. The second-order valence-corrected chi connectivity index (χ2v) is 6.60. The van der Waals surface area contributed by atoms with Gasteiger partial charge < -0.3 is 10.3 Å². The Bertz CT molecular complexity index is 577. The van der Waals surface area contributed by atoms with Crippen molar-refractivity contribution in [3.63, 3.8) is 0 Å². The highest BCUT2D eigenvalue weighted by molar-refractivity contribution is 5.40. The molecule has 0 saturated carbocycles. The van der Waals surface area contributed by atoms with Crippen LogP contribution in [-0.2, 0) is 24.8 Å². The van der Waals surface area contributed by atoms with Crippen molar-refractivity contribution >= 4 is 5.82 Å². The van der Waals surface area contributed by atoms with Crippen molar-refractivity contribution in [2.45, 2.75) is 58.9 Å². The number of imidazole rings is 1. The number of nitrogen functional groups attached to an aromatic ring is 1. The van der Waals surface area contributed by atoms with Gasteiger partial charge in [-0.3, -0.25) is 0 Å². The fourth-order valence-corrected chi connectivity index (χ4v) is 2.76. The van der Waals surface area contributed by atoms with E-state index in [1.165, 1.54) is 5.56 Å². The first kappa shape index (κ1) is 15.6. The molecule has 21 heavy (non-hydrogen) atoms. The minimum atomic E-state index is -0.0212. The Morgan fingerprint density at radius 2 is 1.71 bits per heavy atom. The molecular weight excluding hydrogens is 258 g/mol. The van der Waals surface area contributed by atoms with Crippen LogP contribution in [-0.4, -0.2) is 9.55 Å². The van der Waals surface area contributed by atoms with Crippen LogP contribution in [0, 0.1) is 0 Å². The van der Waals surface area contributed by atoms with Gasteiger partial charge in [0.05, 0.1) is 5.69 Å². The van der Waals surface area contributed by atoms with Gasteiger partial charge in [-0.15, -0.1) is 0 Å². The summed E-state index contributed by atoms with van der Waals surface area (Å²) in [7, 11) is 0. The monoisotopic (exact) mass is 285 g/mol. The van der Waals surface area contributed by atoms with E-state index in [-0.39, 0.29) is 5.54 Å². The Morgan fingerprint density at radius 3 is 2.29 bits per heavy atom. The molecule has 0 amide bonds. The van der Waals surface area contributed by atoms with Crippen LogP contribution in [0.4, 0.5) is 5.82 Å². The quantitative estimate of drug-likeness (QED) is 0.903. The van der Waals surface area contributed by atoms with E-state index in [0.29, 0.717) is 0 Å². The molecule has 0 aliphatic rings. The number of benzene rings is 1. The molecule has 2 N–H and O–H groups in total. The molecule has 1 aromatic carbocycles. The first-order valence-electron chi connectivity index (χ1n) is 7.84. The van der Waals surface area contributed by atoms with E-state index in [1.807, 2.05) is 6.07 Å². The van der Waals surface area contributed by atoms with Gasteiger partial charge in [-0.1, -0.05) is 37.3 Å². The highest BCUT2D eigenvalue weighted by Gasteiger charge is 2.23. The maximum Gasteiger partial charge on any atom is 0.127 e. The summed E-state index contributed by atoms with van der Waals surface area (Å²) in [5, 5.41) is 0. The Morgan fingerprint density at radius 1 is 1.05 bits per heavy atom. The maximum atomic E-state index is 6.39. The Balaban J connectivity index is 2.24. The molecule has 2 aromatic rings. The Labute approximate surface area is 128 Å². The topological polar surface area (TPSA) is 43.8 Å². The van der Waals surface area contributed by atoms with Crippen LogP contribution in [0.15, 0.2) is 30.3 Å². The lowest BCUT2D eigenvalue weighted by molar-refractivity contribution is 0.387. The summed E-state index contributed by atoms with van der Waals surface area (Å²) in [5.41, 5.74) is 8.74. The lowest BCUT2D eigenvalue weighted by Gasteiger charge is -2.25. The molecule has 1 aromatic heterocycles. The van der Waals surface area contributed by atoms with Crippen molar-refractivity contribution in [2.75, 3.05) is 5.73 Å². The number of hydrogen-bond acceptors (Lipinski definition) is 2. The van der Waals surface area contributed by atoms with Crippen molar-refractivity contribution in [1.29, 1.82) is 0 Å². The highest BCUT2D eigenvalue weighted by atomic mass is 15.2. The second-order valence-electron chi connectivity index (χ2n) is 6.60. The highest BCUT2D eigenvalue weighted by Crippen LogP contribution is 2.26. The summed E-state index contributed by atoms with van der Waals surface area (Å²) >= 11 is 0. The molecule has 0 saturated heterocycles. The average molecular weight is 285 g/mol. The lowest BCUT2D eigenvalue weighted by Crippen LogP contribution is -2.25. The lowest BCUT2D eigenvalue weighted by atomic mass is 10.1. The number of anilines is 1. The van der Waals surface area contributed by atoms with Crippen molar-refractivity contribution in [3.05, 3.63) is 47.4 Å². The molecule has 3 nitrogen and oxygen atoms in total. The van der Waals surface area contributed by atoms with Gasteiger partial charge in [-0.05, 0) is 45.6 Å². The van der Waals surface area contributed by atoms with Crippen LogP contribution in [0.1, 0.15) is 51.2 Å². The Hall–Kier alpha value is -1.77. The molecule has 0 bridgehead atoms. The van der Waals surface area contributed by atoms with Gasteiger partial charge in [0.25, 0.3) is 0 Å². The van der Waals surface area contributed by atoms with E-state index < -0.39 is 0 Å². The summed E-state index contributed by atoms with van der Waals surface area (Å²) in [5.74, 6) is 1.95. The molecule has 0 atom stereocenters. The van der Waals surface area contributed by atoms with E-state index in [4.69, 9.17) is 10.7 Å². The minimum absolute atomic E-state index is 0.0212. The molecule has 0 aliphatic carbocycles.